The normalized spacial score (nSPS) is 12.2. The van der Waals surface area contributed by atoms with Gasteiger partial charge in [-0.1, -0.05) is 0 Å². The maximum Gasteiger partial charge on any atom is 0.238 e. The highest BCUT2D eigenvalue weighted by Crippen LogP contribution is 2.12. The Bertz CT molecular complexity index is 557. The van der Waals surface area contributed by atoms with Gasteiger partial charge in [0.05, 0.1) is 4.90 Å². The van der Waals surface area contributed by atoms with E-state index in [0.717, 1.165) is 6.42 Å². The number of hydrogen-bond acceptors (Lipinski definition) is 5. The molecule has 6 N–H and O–H groups in total. The summed E-state index contributed by atoms with van der Waals surface area (Å²) in [5.74, 6) is 5.75. The van der Waals surface area contributed by atoms with Crippen LogP contribution in [-0.4, -0.2) is 34.1 Å². The number of nitrogens with two attached hydrogens (primary N) is 2. The van der Waals surface area contributed by atoms with Crippen molar-refractivity contribution in [2.45, 2.75) is 18.2 Å². The number of nitrogens with one attached hydrogen (secondary N) is 2. The molecule has 0 aliphatic rings. The minimum atomic E-state index is -3.69. The Balaban J connectivity index is 2.59. The van der Waals surface area contributed by atoms with E-state index in [1.807, 2.05) is 6.92 Å². The fraction of sp³-hybridized carbons (Fsp3) is 0.417. The van der Waals surface area contributed by atoms with Crippen LogP contribution in [-0.2, 0) is 14.8 Å². The Morgan fingerprint density at radius 3 is 2.52 bits per heavy atom. The Morgan fingerprint density at radius 2 is 2.00 bits per heavy atom. The molecule has 8 nitrogen and oxygen atoms in total. The van der Waals surface area contributed by atoms with E-state index < -0.39 is 10.0 Å². The van der Waals surface area contributed by atoms with E-state index in [2.05, 4.69) is 15.7 Å². The van der Waals surface area contributed by atoms with Crippen molar-refractivity contribution < 1.29 is 13.2 Å². The molecule has 0 aliphatic carbocycles. The third-order valence-electron chi connectivity index (χ3n) is 2.50. The summed E-state index contributed by atoms with van der Waals surface area (Å²) in [6.45, 7) is 3.81. The molecule has 0 saturated heterocycles. The van der Waals surface area contributed by atoms with Gasteiger partial charge in [0.1, 0.15) is 0 Å². The summed E-state index contributed by atoms with van der Waals surface area (Å²) >= 11 is 0. The first kappa shape index (κ1) is 17.4. The summed E-state index contributed by atoms with van der Waals surface area (Å²) in [7, 11) is -3.69. The molecule has 0 heterocycles. The topological polar surface area (TPSA) is 132 Å². The van der Waals surface area contributed by atoms with E-state index in [4.69, 9.17) is 15.7 Å². The highest BCUT2D eigenvalue weighted by atomic mass is 32.2. The minimum absolute atomic E-state index is 0.0453. The van der Waals surface area contributed by atoms with Crippen LogP contribution in [0.1, 0.15) is 13.3 Å². The lowest BCUT2D eigenvalue weighted by Crippen LogP contribution is -2.36. The maximum absolute atomic E-state index is 11.1. The number of primary sulfonamides is 1. The van der Waals surface area contributed by atoms with Gasteiger partial charge in [0.15, 0.2) is 0 Å². The fourth-order valence-corrected chi connectivity index (χ4v) is 2.00. The van der Waals surface area contributed by atoms with E-state index in [9.17, 15) is 8.42 Å². The Kier molecular flexibility index (Phi) is 7.09. The zero-order chi connectivity index (χ0) is 15.7. The number of nitrogens with zero attached hydrogens (tertiary/aromatic N) is 1. The van der Waals surface area contributed by atoms with Crippen LogP contribution in [0.25, 0.3) is 0 Å². The number of hydrazine groups is 1. The molecule has 1 rings (SSSR count). The number of aliphatic imine (C=N–C) groups is 1. The summed E-state index contributed by atoms with van der Waals surface area (Å²) in [4.78, 5) is 4.27. The molecule has 1 aromatic rings. The van der Waals surface area contributed by atoms with Gasteiger partial charge in [-0.3, -0.25) is 10.4 Å². The lowest BCUT2D eigenvalue weighted by molar-refractivity contribution is 0.146. The zero-order valence-electron chi connectivity index (χ0n) is 11.9. The summed E-state index contributed by atoms with van der Waals surface area (Å²) in [6.07, 6.45) is 0.783. The first-order chi connectivity index (χ1) is 9.97. The highest BCUT2D eigenvalue weighted by molar-refractivity contribution is 7.89. The van der Waals surface area contributed by atoms with Gasteiger partial charge in [0, 0.05) is 25.4 Å². The average Bonchev–Trinajstić information content (AvgIpc) is 2.45. The van der Waals surface area contributed by atoms with Crippen LogP contribution in [0, 0.1) is 0 Å². The monoisotopic (exact) mass is 315 g/mol. The lowest BCUT2D eigenvalue weighted by atomic mass is 10.3. The van der Waals surface area contributed by atoms with E-state index in [0.29, 0.717) is 31.4 Å². The second-order valence-corrected chi connectivity index (χ2v) is 5.68. The third-order valence-corrected chi connectivity index (χ3v) is 3.43. The van der Waals surface area contributed by atoms with Gasteiger partial charge in [-0.2, -0.15) is 0 Å². The van der Waals surface area contributed by atoms with Gasteiger partial charge in [-0.05, 0) is 37.6 Å². The van der Waals surface area contributed by atoms with Crippen molar-refractivity contribution in [2.75, 3.05) is 25.1 Å². The Morgan fingerprint density at radius 1 is 1.33 bits per heavy atom. The molecule has 1 aromatic carbocycles. The second-order valence-electron chi connectivity index (χ2n) is 4.12. The number of anilines is 1. The van der Waals surface area contributed by atoms with Crippen molar-refractivity contribution in [1.29, 1.82) is 0 Å². The molecule has 118 valence electrons. The van der Waals surface area contributed by atoms with Gasteiger partial charge >= 0.3 is 0 Å². The van der Waals surface area contributed by atoms with Gasteiger partial charge in [-0.15, -0.1) is 0 Å². The molecule has 0 fully saturated rings. The first-order valence-corrected chi connectivity index (χ1v) is 8.00. The summed E-state index contributed by atoms with van der Waals surface area (Å²) in [5, 5.41) is 7.96. The number of benzene rings is 1. The molecule has 0 aromatic heterocycles. The molecule has 0 radical (unpaired) electrons. The van der Waals surface area contributed by atoms with Crippen molar-refractivity contribution in [3.05, 3.63) is 24.3 Å². The molecule has 0 unspecified atom stereocenters. The first-order valence-electron chi connectivity index (χ1n) is 6.46. The molecular formula is C12H21N5O3S. The number of ether oxygens (including phenoxy) is 1. The molecular weight excluding hydrogens is 294 g/mol. The standard InChI is InChI=1S/C12H21N5O3S/c1-2-20-9-3-8-15-12(17-13)16-10-4-6-11(7-5-10)21(14,18)19/h4-7H,2-3,8-9,13H2,1H3,(H2,14,18,19)(H2,15,16,17). The van der Waals surface area contributed by atoms with Crippen molar-refractivity contribution in [3.63, 3.8) is 0 Å². The zero-order valence-corrected chi connectivity index (χ0v) is 12.7. The van der Waals surface area contributed by atoms with Crippen molar-refractivity contribution in [1.82, 2.24) is 5.43 Å². The molecule has 0 atom stereocenters. The molecule has 9 heteroatoms. The highest BCUT2D eigenvalue weighted by Gasteiger charge is 2.07. The van der Waals surface area contributed by atoms with E-state index in [1.165, 1.54) is 12.1 Å². The Hall–Kier alpha value is -1.68. The Labute approximate surface area is 124 Å². The molecule has 0 spiro atoms. The number of sulfonamides is 1. The molecule has 0 amide bonds. The molecule has 0 saturated carbocycles. The summed E-state index contributed by atoms with van der Waals surface area (Å²) in [6, 6.07) is 5.96. The van der Waals surface area contributed by atoms with E-state index >= 15 is 0 Å². The fourth-order valence-electron chi connectivity index (χ4n) is 1.49. The van der Waals surface area contributed by atoms with Crippen LogP contribution in [0.2, 0.25) is 0 Å². The smallest absolute Gasteiger partial charge is 0.238 e. The minimum Gasteiger partial charge on any atom is -0.382 e. The van der Waals surface area contributed by atoms with E-state index in [1.54, 1.807) is 12.1 Å². The van der Waals surface area contributed by atoms with Crippen LogP contribution >= 0.6 is 0 Å². The summed E-state index contributed by atoms with van der Waals surface area (Å²) < 4.78 is 27.5. The van der Waals surface area contributed by atoms with Gasteiger partial charge in [-0.25, -0.2) is 19.4 Å². The number of guanidine groups is 1. The molecule has 0 aliphatic heterocycles. The van der Waals surface area contributed by atoms with Gasteiger partial charge < -0.3 is 10.1 Å². The third kappa shape index (κ3) is 6.54. The van der Waals surface area contributed by atoms with Crippen LogP contribution < -0.4 is 21.7 Å². The predicted molar refractivity (Wildman–Crippen MR) is 82.2 cm³/mol. The largest absolute Gasteiger partial charge is 0.382 e. The van der Waals surface area contributed by atoms with Crippen LogP contribution in [0.3, 0.4) is 0 Å². The maximum atomic E-state index is 11.1. The lowest BCUT2D eigenvalue weighted by Gasteiger charge is -2.09. The quantitative estimate of drug-likeness (QED) is 0.184. The predicted octanol–water partition coefficient (Wildman–Crippen LogP) is -0.00820. The molecule has 21 heavy (non-hydrogen) atoms. The van der Waals surface area contributed by atoms with Crippen molar-refractivity contribution >= 4 is 21.7 Å². The molecule has 0 bridgehead atoms. The van der Waals surface area contributed by atoms with Crippen molar-refractivity contribution in [2.24, 2.45) is 16.0 Å². The van der Waals surface area contributed by atoms with E-state index in [-0.39, 0.29) is 4.90 Å². The SMILES string of the molecule is CCOCCCN=C(NN)Nc1ccc(S(N)(=O)=O)cc1. The number of rotatable bonds is 7. The van der Waals surface area contributed by atoms with Crippen molar-refractivity contribution in [3.8, 4) is 0 Å². The number of hydrogen-bond donors (Lipinski definition) is 4. The summed E-state index contributed by atoms with van der Waals surface area (Å²) in [5.41, 5.74) is 3.08. The van der Waals surface area contributed by atoms with Crippen LogP contribution in [0.4, 0.5) is 5.69 Å². The van der Waals surface area contributed by atoms with Gasteiger partial charge in [0.2, 0.25) is 16.0 Å². The van der Waals surface area contributed by atoms with Crippen LogP contribution in [0.15, 0.2) is 34.2 Å². The van der Waals surface area contributed by atoms with Gasteiger partial charge in [0.25, 0.3) is 0 Å². The van der Waals surface area contributed by atoms with Crippen LogP contribution in [0.5, 0.6) is 0 Å². The average molecular weight is 315 g/mol. The second kappa shape index (κ2) is 8.57.